The molecule has 0 aromatic heterocycles. The van der Waals surface area contributed by atoms with Crippen molar-refractivity contribution in [3.63, 3.8) is 0 Å². The summed E-state index contributed by atoms with van der Waals surface area (Å²) in [7, 11) is 0. The van der Waals surface area contributed by atoms with E-state index in [4.69, 9.17) is 0 Å². The molecule has 1 aliphatic heterocycles. The first-order valence-corrected chi connectivity index (χ1v) is 8.24. The second-order valence-electron chi connectivity index (χ2n) is 6.95. The monoisotopic (exact) mass is 330 g/mol. The molecule has 1 saturated carbocycles. The first kappa shape index (κ1) is 16.5. The molecule has 1 saturated heterocycles. The number of rotatable bonds is 3. The van der Waals surface area contributed by atoms with E-state index in [1.54, 1.807) is 23.1 Å². The molecule has 6 nitrogen and oxygen atoms in total. The van der Waals surface area contributed by atoms with Crippen molar-refractivity contribution in [2.75, 3.05) is 18.4 Å². The van der Waals surface area contributed by atoms with Gasteiger partial charge in [-0.3, -0.25) is 9.59 Å². The number of urea groups is 1. The van der Waals surface area contributed by atoms with E-state index in [1.165, 1.54) is 6.92 Å². The predicted molar refractivity (Wildman–Crippen MR) is 89.2 cm³/mol. The Morgan fingerprint density at radius 1 is 1.33 bits per heavy atom. The van der Waals surface area contributed by atoms with Gasteiger partial charge in [0.2, 0.25) is 0 Å². The second-order valence-corrected chi connectivity index (χ2v) is 6.95. The number of aliphatic carboxylic acids is 1. The van der Waals surface area contributed by atoms with Gasteiger partial charge < -0.3 is 15.3 Å². The molecule has 2 fully saturated rings. The SMILES string of the molecule is CC(=O)c1ccc(NC(=O)N2C[C@@H]3CCC[C@@]3(C(=O)O)C2)cc1C. The van der Waals surface area contributed by atoms with E-state index < -0.39 is 11.4 Å². The number of amides is 2. The molecule has 0 radical (unpaired) electrons. The Balaban J connectivity index is 1.71. The van der Waals surface area contributed by atoms with Crippen LogP contribution < -0.4 is 5.32 Å². The van der Waals surface area contributed by atoms with E-state index in [1.807, 2.05) is 6.92 Å². The lowest BCUT2D eigenvalue weighted by atomic mass is 9.81. The van der Waals surface area contributed by atoms with Crippen LogP contribution in [0.5, 0.6) is 0 Å². The topological polar surface area (TPSA) is 86.7 Å². The number of carbonyl (C=O) groups is 3. The quantitative estimate of drug-likeness (QED) is 0.834. The number of hydrogen-bond acceptors (Lipinski definition) is 3. The number of anilines is 1. The normalized spacial score (nSPS) is 25.4. The number of nitrogens with zero attached hydrogens (tertiary/aromatic N) is 1. The van der Waals surface area contributed by atoms with Crippen molar-refractivity contribution < 1.29 is 19.5 Å². The van der Waals surface area contributed by atoms with E-state index in [0.717, 1.165) is 18.4 Å². The third-order valence-corrected chi connectivity index (χ3v) is 5.44. The molecule has 1 aliphatic carbocycles. The van der Waals surface area contributed by atoms with E-state index in [9.17, 15) is 19.5 Å². The maximum absolute atomic E-state index is 12.5. The van der Waals surface area contributed by atoms with Crippen LogP contribution in [0.3, 0.4) is 0 Å². The molecule has 0 spiro atoms. The van der Waals surface area contributed by atoms with Gasteiger partial charge in [0.25, 0.3) is 0 Å². The molecule has 2 atom stereocenters. The van der Waals surface area contributed by atoms with Gasteiger partial charge in [-0.1, -0.05) is 6.42 Å². The number of carbonyl (C=O) groups excluding carboxylic acids is 2. The summed E-state index contributed by atoms with van der Waals surface area (Å²) in [6, 6.07) is 4.88. The fourth-order valence-corrected chi connectivity index (χ4v) is 4.13. The summed E-state index contributed by atoms with van der Waals surface area (Å²) in [5, 5.41) is 12.4. The van der Waals surface area contributed by atoms with Crippen LogP contribution in [-0.4, -0.2) is 40.9 Å². The number of benzene rings is 1. The molecule has 1 aromatic rings. The van der Waals surface area contributed by atoms with Crippen molar-refractivity contribution in [1.29, 1.82) is 0 Å². The van der Waals surface area contributed by atoms with Crippen molar-refractivity contribution in [3.05, 3.63) is 29.3 Å². The van der Waals surface area contributed by atoms with E-state index >= 15 is 0 Å². The molecule has 0 unspecified atom stereocenters. The minimum Gasteiger partial charge on any atom is -0.481 e. The number of Topliss-reactive ketones (excluding diaryl/α,β-unsaturated/α-hetero) is 1. The molecule has 6 heteroatoms. The number of fused-ring (bicyclic) bond motifs is 1. The van der Waals surface area contributed by atoms with E-state index in [2.05, 4.69) is 5.32 Å². The van der Waals surface area contributed by atoms with Crippen molar-refractivity contribution >= 4 is 23.5 Å². The largest absolute Gasteiger partial charge is 0.481 e. The van der Waals surface area contributed by atoms with Crippen LogP contribution in [0.4, 0.5) is 10.5 Å². The van der Waals surface area contributed by atoms with Gasteiger partial charge in [-0.25, -0.2) is 4.79 Å². The van der Waals surface area contributed by atoms with Gasteiger partial charge in [-0.2, -0.15) is 0 Å². The fraction of sp³-hybridized carbons (Fsp3) is 0.500. The highest BCUT2D eigenvalue weighted by Gasteiger charge is 2.55. The summed E-state index contributed by atoms with van der Waals surface area (Å²) in [4.78, 5) is 37.3. The standard InChI is InChI=1S/C18H22N2O4/c1-11-8-14(5-6-15(11)12(2)21)19-17(24)20-9-13-4-3-7-18(13,10-20)16(22)23/h5-6,8,13H,3-4,7,9-10H2,1-2H3,(H,19,24)(H,22,23)/t13-,18+/m0/s1. The molecule has 3 rings (SSSR count). The summed E-state index contributed by atoms with van der Waals surface area (Å²) in [6.45, 7) is 4.09. The first-order valence-electron chi connectivity index (χ1n) is 8.24. The Morgan fingerprint density at radius 2 is 2.08 bits per heavy atom. The lowest BCUT2D eigenvalue weighted by Gasteiger charge is -2.23. The van der Waals surface area contributed by atoms with Gasteiger partial charge in [-0.05, 0) is 56.4 Å². The third kappa shape index (κ3) is 2.66. The average Bonchev–Trinajstić information content (AvgIpc) is 3.04. The second kappa shape index (κ2) is 5.92. The van der Waals surface area contributed by atoms with E-state index in [0.29, 0.717) is 24.2 Å². The number of ketones is 1. The average molecular weight is 330 g/mol. The Labute approximate surface area is 140 Å². The minimum atomic E-state index is -0.790. The maximum atomic E-state index is 12.5. The molecular weight excluding hydrogens is 308 g/mol. The first-order chi connectivity index (χ1) is 11.3. The van der Waals surface area contributed by atoms with Crippen LogP contribution in [0.1, 0.15) is 42.1 Å². The Hall–Kier alpha value is -2.37. The maximum Gasteiger partial charge on any atom is 0.321 e. The number of nitrogens with one attached hydrogen (secondary N) is 1. The fourth-order valence-electron chi connectivity index (χ4n) is 4.13. The van der Waals surface area contributed by atoms with Crippen molar-refractivity contribution in [2.45, 2.75) is 33.1 Å². The summed E-state index contributed by atoms with van der Waals surface area (Å²) >= 11 is 0. The zero-order valence-electron chi connectivity index (χ0n) is 14.0. The number of likely N-dealkylation sites (tertiary alicyclic amines) is 1. The highest BCUT2D eigenvalue weighted by Crippen LogP contribution is 2.48. The summed E-state index contributed by atoms with van der Waals surface area (Å²) in [5.41, 5.74) is 1.28. The Bertz CT molecular complexity index is 715. The van der Waals surface area contributed by atoms with Crippen LogP contribution in [0.2, 0.25) is 0 Å². The number of carboxylic acid groups (broad SMARTS) is 1. The van der Waals surface area contributed by atoms with Gasteiger partial charge in [0.15, 0.2) is 5.78 Å². The smallest absolute Gasteiger partial charge is 0.321 e. The molecule has 1 aromatic carbocycles. The molecule has 0 bridgehead atoms. The zero-order valence-corrected chi connectivity index (χ0v) is 14.0. The molecule has 2 amide bonds. The minimum absolute atomic E-state index is 0.0128. The molecular formula is C18H22N2O4. The van der Waals surface area contributed by atoms with Crippen LogP contribution in [0.15, 0.2) is 18.2 Å². The molecule has 2 N–H and O–H groups in total. The van der Waals surface area contributed by atoms with Crippen LogP contribution >= 0.6 is 0 Å². The molecule has 24 heavy (non-hydrogen) atoms. The van der Waals surface area contributed by atoms with Gasteiger partial charge >= 0.3 is 12.0 Å². The van der Waals surface area contributed by atoms with E-state index in [-0.39, 0.29) is 24.3 Å². The predicted octanol–water partition coefficient (Wildman–Crippen LogP) is 2.92. The molecule has 128 valence electrons. The lowest BCUT2D eigenvalue weighted by molar-refractivity contribution is -0.149. The van der Waals surface area contributed by atoms with Crippen LogP contribution in [0.25, 0.3) is 0 Å². The summed E-state index contributed by atoms with van der Waals surface area (Å²) in [6.07, 6.45) is 2.42. The number of carboxylic acids is 1. The number of aryl methyl sites for hydroxylation is 1. The van der Waals surface area contributed by atoms with Gasteiger partial charge in [0.1, 0.15) is 0 Å². The highest BCUT2D eigenvalue weighted by molar-refractivity contribution is 5.97. The van der Waals surface area contributed by atoms with Crippen molar-refractivity contribution in [1.82, 2.24) is 4.90 Å². The molecule has 1 heterocycles. The van der Waals surface area contributed by atoms with Gasteiger partial charge in [0, 0.05) is 24.3 Å². The van der Waals surface area contributed by atoms with Gasteiger partial charge in [-0.15, -0.1) is 0 Å². The Morgan fingerprint density at radius 3 is 2.67 bits per heavy atom. The van der Waals surface area contributed by atoms with Crippen molar-refractivity contribution in [2.24, 2.45) is 11.3 Å². The summed E-state index contributed by atoms with van der Waals surface area (Å²) < 4.78 is 0. The highest BCUT2D eigenvalue weighted by atomic mass is 16.4. The number of hydrogen-bond donors (Lipinski definition) is 2. The van der Waals surface area contributed by atoms with Crippen LogP contribution in [-0.2, 0) is 4.79 Å². The molecule has 2 aliphatic rings. The third-order valence-electron chi connectivity index (χ3n) is 5.44. The Kier molecular flexibility index (Phi) is 4.07. The zero-order chi connectivity index (χ0) is 17.5. The van der Waals surface area contributed by atoms with Gasteiger partial charge in [0.05, 0.1) is 5.41 Å². The van der Waals surface area contributed by atoms with Crippen molar-refractivity contribution in [3.8, 4) is 0 Å². The lowest BCUT2D eigenvalue weighted by Crippen LogP contribution is -2.38. The van der Waals surface area contributed by atoms with Crippen LogP contribution in [0, 0.1) is 18.3 Å². The summed E-state index contributed by atoms with van der Waals surface area (Å²) in [5.74, 6) is -0.759.